The van der Waals surface area contributed by atoms with Gasteiger partial charge >= 0.3 is 5.97 Å². The Hall–Kier alpha value is -3.21. The van der Waals surface area contributed by atoms with Gasteiger partial charge in [-0.1, -0.05) is 12.1 Å². The van der Waals surface area contributed by atoms with E-state index in [4.69, 9.17) is 9.47 Å². The average Bonchev–Trinajstić information content (AvgIpc) is 3.10. The molecular formula is C24H26N2O6S2. The second-order valence-corrected chi connectivity index (χ2v) is 11.1. The molecule has 0 bridgehead atoms. The summed E-state index contributed by atoms with van der Waals surface area (Å²) in [6.45, 7) is 3.93. The molecule has 3 aromatic rings. The fourth-order valence-corrected chi connectivity index (χ4v) is 5.02. The van der Waals surface area contributed by atoms with Crippen LogP contribution in [0.2, 0.25) is 0 Å². The van der Waals surface area contributed by atoms with Crippen LogP contribution in [0.15, 0.2) is 53.4 Å². The van der Waals surface area contributed by atoms with E-state index in [1.54, 1.807) is 36.4 Å². The number of benzene rings is 2. The number of carbonyl (C=O) groups excluding carboxylic acids is 2. The van der Waals surface area contributed by atoms with E-state index in [1.807, 2.05) is 13.8 Å². The van der Waals surface area contributed by atoms with E-state index in [0.717, 1.165) is 20.3 Å². The largest absolute Gasteiger partial charge is 0.489 e. The van der Waals surface area contributed by atoms with E-state index in [0.29, 0.717) is 21.9 Å². The minimum atomic E-state index is -3.48. The first-order valence-electron chi connectivity index (χ1n) is 10.3. The Balaban J connectivity index is 1.64. The maximum atomic E-state index is 12.7. The van der Waals surface area contributed by atoms with E-state index in [-0.39, 0.29) is 17.4 Å². The van der Waals surface area contributed by atoms with Gasteiger partial charge in [0.15, 0.2) is 0 Å². The highest BCUT2D eigenvalue weighted by Gasteiger charge is 2.22. The van der Waals surface area contributed by atoms with E-state index in [1.165, 1.54) is 44.7 Å². The number of esters is 1. The lowest BCUT2D eigenvalue weighted by molar-refractivity contribution is 0.0601. The van der Waals surface area contributed by atoms with Crippen LogP contribution >= 0.6 is 11.3 Å². The van der Waals surface area contributed by atoms with Crippen LogP contribution < -0.4 is 10.1 Å². The lowest BCUT2D eigenvalue weighted by Gasteiger charge is -2.12. The minimum Gasteiger partial charge on any atom is -0.489 e. The predicted octanol–water partition coefficient (Wildman–Crippen LogP) is 4.23. The molecule has 1 aromatic heterocycles. The molecule has 2 aromatic carbocycles. The zero-order chi connectivity index (χ0) is 25.0. The summed E-state index contributed by atoms with van der Waals surface area (Å²) in [6.07, 6.45) is 0. The normalized spacial score (nSPS) is 11.4. The zero-order valence-corrected chi connectivity index (χ0v) is 21.2. The molecule has 0 fully saturated rings. The van der Waals surface area contributed by atoms with Crippen molar-refractivity contribution in [2.45, 2.75) is 25.3 Å². The Morgan fingerprint density at radius 1 is 1.00 bits per heavy atom. The molecule has 1 heterocycles. The number of thiophene rings is 1. The fourth-order valence-electron chi connectivity index (χ4n) is 3.08. The number of hydrogen-bond acceptors (Lipinski definition) is 7. The molecule has 1 N–H and O–H groups in total. The lowest BCUT2D eigenvalue weighted by Crippen LogP contribution is -2.22. The molecule has 0 atom stereocenters. The Morgan fingerprint density at radius 2 is 1.62 bits per heavy atom. The molecular weight excluding hydrogens is 476 g/mol. The number of amides is 1. The third kappa shape index (κ3) is 5.46. The van der Waals surface area contributed by atoms with Crippen LogP contribution in [0.4, 0.5) is 5.00 Å². The monoisotopic (exact) mass is 502 g/mol. The smallest absolute Gasteiger partial charge is 0.341 e. The summed E-state index contributed by atoms with van der Waals surface area (Å²) in [7, 11) is 0.794. The molecule has 10 heteroatoms. The number of methoxy groups -OCH3 is 1. The van der Waals surface area contributed by atoms with Crippen molar-refractivity contribution in [1.82, 2.24) is 4.31 Å². The molecule has 0 saturated carbocycles. The van der Waals surface area contributed by atoms with E-state index < -0.39 is 16.0 Å². The standard InChI is InChI=1S/C24H26N2O6S2/c1-15-16(2)33-23(21(15)24(28)31-5)25-22(27)18-8-10-19(11-9-18)32-14-17-6-12-20(13-7-17)34(29,30)26(3)4/h6-13H,14H2,1-5H3,(H,25,27). The highest BCUT2D eigenvalue weighted by Crippen LogP contribution is 2.33. The van der Waals surface area contributed by atoms with Gasteiger partial charge in [-0.25, -0.2) is 17.5 Å². The van der Waals surface area contributed by atoms with Gasteiger partial charge in [-0.05, 0) is 61.4 Å². The molecule has 0 unspecified atom stereocenters. The zero-order valence-electron chi connectivity index (χ0n) is 19.5. The van der Waals surface area contributed by atoms with Crippen LogP contribution in [0.25, 0.3) is 0 Å². The van der Waals surface area contributed by atoms with Crippen LogP contribution in [-0.2, 0) is 21.4 Å². The van der Waals surface area contributed by atoms with Crippen LogP contribution in [0, 0.1) is 13.8 Å². The van der Waals surface area contributed by atoms with Gasteiger partial charge in [-0.3, -0.25) is 4.79 Å². The van der Waals surface area contributed by atoms with Gasteiger partial charge in [0.25, 0.3) is 5.91 Å². The molecule has 8 nitrogen and oxygen atoms in total. The first-order chi connectivity index (χ1) is 16.0. The number of hydrogen-bond donors (Lipinski definition) is 1. The molecule has 3 rings (SSSR count). The molecule has 34 heavy (non-hydrogen) atoms. The van der Waals surface area contributed by atoms with Crippen molar-refractivity contribution in [3.05, 3.63) is 75.7 Å². The summed E-state index contributed by atoms with van der Waals surface area (Å²) < 4.78 is 36.0. The van der Waals surface area contributed by atoms with E-state index in [9.17, 15) is 18.0 Å². The van der Waals surface area contributed by atoms with Crippen molar-refractivity contribution in [2.24, 2.45) is 0 Å². The molecule has 0 aliphatic carbocycles. The molecule has 180 valence electrons. The molecule has 0 spiro atoms. The van der Waals surface area contributed by atoms with E-state index >= 15 is 0 Å². The topological polar surface area (TPSA) is 102 Å². The number of rotatable bonds is 8. The predicted molar refractivity (Wildman–Crippen MR) is 131 cm³/mol. The SMILES string of the molecule is COC(=O)c1c(NC(=O)c2ccc(OCc3ccc(S(=O)(=O)N(C)C)cc3)cc2)sc(C)c1C. The van der Waals surface area contributed by atoms with Crippen LogP contribution in [0.3, 0.4) is 0 Å². The van der Waals surface area contributed by atoms with Crippen LogP contribution in [-0.4, -0.2) is 45.8 Å². The maximum absolute atomic E-state index is 12.7. The summed E-state index contributed by atoms with van der Waals surface area (Å²) in [5, 5.41) is 3.24. The Morgan fingerprint density at radius 3 is 2.18 bits per heavy atom. The number of nitrogens with one attached hydrogen (secondary N) is 1. The first-order valence-corrected chi connectivity index (χ1v) is 12.5. The summed E-state index contributed by atoms with van der Waals surface area (Å²) in [6, 6.07) is 13.1. The van der Waals surface area contributed by atoms with Crippen molar-refractivity contribution in [2.75, 3.05) is 26.5 Å². The van der Waals surface area contributed by atoms with Crippen molar-refractivity contribution in [1.29, 1.82) is 0 Å². The summed E-state index contributed by atoms with van der Waals surface area (Å²) in [5.41, 5.74) is 2.36. The number of ether oxygens (including phenoxy) is 2. The average molecular weight is 503 g/mol. The van der Waals surface area contributed by atoms with Crippen molar-refractivity contribution in [3.8, 4) is 5.75 Å². The van der Waals surface area contributed by atoms with E-state index in [2.05, 4.69) is 5.32 Å². The van der Waals surface area contributed by atoms with Gasteiger partial charge in [0, 0.05) is 24.5 Å². The summed E-state index contributed by atoms with van der Waals surface area (Å²) >= 11 is 1.32. The molecule has 1 amide bonds. The van der Waals surface area contributed by atoms with Crippen LogP contribution in [0.1, 0.15) is 36.7 Å². The Bertz CT molecular complexity index is 1290. The van der Waals surface area contributed by atoms with Gasteiger partial charge in [-0.15, -0.1) is 11.3 Å². The number of anilines is 1. The van der Waals surface area contributed by atoms with Gasteiger partial charge in [0.05, 0.1) is 17.6 Å². The third-order valence-electron chi connectivity index (χ3n) is 5.23. The molecule has 0 radical (unpaired) electrons. The number of aryl methyl sites for hydroxylation is 1. The van der Waals surface area contributed by atoms with Crippen molar-refractivity contribution in [3.63, 3.8) is 0 Å². The number of carbonyl (C=O) groups is 2. The number of sulfonamides is 1. The highest BCUT2D eigenvalue weighted by atomic mass is 32.2. The molecule has 0 aliphatic rings. The minimum absolute atomic E-state index is 0.211. The van der Waals surface area contributed by atoms with Crippen molar-refractivity contribution < 1.29 is 27.5 Å². The highest BCUT2D eigenvalue weighted by molar-refractivity contribution is 7.89. The third-order valence-corrected chi connectivity index (χ3v) is 8.18. The van der Waals surface area contributed by atoms with Gasteiger partial charge in [-0.2, -0.15) is 0 Å². The van der Waals surface area contributed by atoms with Gasteiger partial charge in [0.2, 0.25) is 10.0 Å². The van der Waals surface area contributed by atoms with Crippen molar-refractivity contribution >= 4 is 38.2 Å². The van der Waals surface area contributed by atoms with Gasteiger partial charge in [0.1, 0.15) is 17.4 Å². The quantitative estimate of drug-likeness (QED) is 0.463. The number of nitrogens with zero attached hydrogens (tertiary/aromatic N) is 1. The van der Waals surface area contributed by atoms with Gasteiger partial charge < -0.3 is 14.8 Å². The summed E-state index contributed by atoms with van der Waals surface area (Å²) in [4.78, 5) is 25.9. The first kappa shape index (κ1) is 25.4. The fraction of sp³-hybridized carbons (Fsp3) is 0.250. The summed E-state index contributed by atoms with van der Waals surface area (Å²) in [5.74, 6) is -0.288. The second kappa shape index (κ2) is 10.4. The lowest BCUT2D eigenvalue weighted by atomic mass is 10.1. The molecule has 0 saturated heterocycles. The second-order valence-electron chi connectivity index (χ2n) is 7.68. The Kier molecular flexibility index (Phi) is 7.75. The Labute approximate surface area is 203 Å². The van der Waals surface area contributed by atoms with Crippen LogP contribution in [0.5, 0.6) is 5.75 Å². The maximum Gasteiger partial charge on any atom is 0.341 e. The molecule has 0 aliphatic heterocycles.